The van der Waals surface area contributed by atoms with Gasteiger partial charge in [-0.25, -0.2) is 15.0 Å². The first-order valence-electron chi connectivity index (χ1n) is 12.9. The van der Waals surface area contributed by atoms with Crippen molar-refractivity contribution in [2.45, 2.75) is 13.3 Å². The molecule has 0 unspecified atom stereocenters. The van der Waals surface area contributed by atoms with Gasteiger partial charge in [-0.1, -0.05) is 30.3 Å². The third kappa shape index (κ3) is 5.51. The van der Waals surface area contributed by atoms with Gasteiger partial charge in [0.1, 0.15) is 30.3 Å². The molecule has 1 saturated heterocycles. The van der Waals surface area contributed by atoms with Crippen LogP contribution in [0.5, 0.6) is 5.75 Å². The number of ether oxygens (including phenoxy) is 1. The average molecular weight is 506 g/mol. The summed E-state index contributed by atoms with van der Waals surface area (Å²) >= 11 is 0. The molecule has 0 atom stereocenters. The zero-order chi connectivity index (χ0) is 25.7. The Balaban J connectivity index is 1.19. The fourth-order valence-corrected chi connectivity index (χ4v) is 4.70. The number of anilines is 2. The van der Waals surface area contributed by atoms with Crippen molar-refractivity contribution in [1.29, 1.82) is 0 Å². The summed E-state index contributed by atoms with van der Waals surface area (Å²) in [5, 5.41) is 4.41. The standard InChI is InChI=1S/C30H31N7O/c1-35-15-17-36(18-16-35)22-37-14-13-31-30(37)24-7-12-28-27(19-24)29(33-21-32-28)34-25-8-10-26(11-9-25)38-20-23-5-3-2-4-6-23/h2-14,19,21H,15-18,20,22H2,1H3,(H,32,33,34). The van der Waals surface area contributed by atoms with Crippen molar-refractivity contribution in [2.24, 2.45) is 0 Å². The van der Waals surface area contributed by atoms with Crippen LogP contribution in [0.1, 0.15) is 5.56 Å². The van der Waals surface area contributed by atoms with Gasteiger partial charge in [-0.2, -0.15) is 0 Å². The van der Waals surface area contributed by atoms with Gasteiger partial charge in [0.05, 0.1) is 12.2 Å². The lowest BCUT2D eigenvalue weighted by atomic mass is 10.1. The van der Waals surface area contributed by atoms with E-state index in [0.29, 0.717) is 6.61 Å². The van der Waals surface area contributed by atoms with Crippen LogP contribution in [0.3, 0.4) is 0 Å². The highest BCUT2D eigenvalue weighted by Crippen LogP contribution is 2.29. The third-order valence-electron chi connectivity index (χ3n) is 6.92. The maximum atomic E-state index is 5.93. The molecule has 1 fully saturated rings. The number of piperazine rings is 1. The molecule has 3 heterocycles. The van der Waals surface area contributed by atoms with E-state index in [4.69, 9.17) is 4.74 Å². The van der Waals surface area contributed by atoms with Crippen molar-refractivity contribution in [3.8, 4) is 17.1 Å². The second kappa shape index (κ2) is 11.0. The molecule has 8 nitrogen and oxygen atoms in total. The molecule has 2 aromatic heterocycles. The quantitative estimate of drug-likeness (QED) is 0.317. The Kier molecular flexibility index (Phi) is 6.97. The molecule has 1 N–H and O–H groups in total. The first-order valence-corrected chi connectivity index (χ1v) is 12.9. The van der Waals surface area contributed by atoms with Crippen molar-refractivity contribution < 1.29 is 4.74 Å². The monoisotopic (exact) mass is 505 g/mol. The Bertz CT molecular complexity index is 1490. The van der Waals surface area contributed by atoms with E-state index < -0.39 is 0 Å². The van der Waals surface area contributed by atoms with Crippen molar-refractivity contribution >= 4 is 22.4 Å². The summed E-state index contributed by atoms with van der Waals surface area (Å²) in [7, 11) is 2.18. The molecule has 0 aliphatic carbocycles. The Morgan fingerprint density at radius 1 is 0.868 bits per heavy atom. The maximum absolute atomic E-state index is 5.93. The second-order valence-corrected chi connectivity index (χ2v) is 9.66. The van der Waals surface area contributed by atoms with E-state index in [9.17, 15) is 0 Å². The van der Waals surface area contributed by atoms with Gasteiger partial charge in [-0.05, 0) is 55.1 Å². The zero-order valence-corrected chi connectivity index (χ0v) is 21.5. The normalized spacial score (nSPS) is 14.6. The van der Waals surface area contributed by atoms with Crippen LogP contribution in [0.4, 0.5) is 11.5 Å². The van der Waals surface area contributed by atoms with Crippen LogP contribution in [0.15, 0.2) is 91.5 Å². The minimum absolute atomic E-state index is 0.539. The number of likely N-dealkylation sites (N-methyl/N-ethyl adjacent to an activating group) is 1. The molecule has 0 saturated carbocycles. The van der Waals surface area contributed by atoms with E-state index in [-0.39, 0.29) is 0 Å². The van der Waals surface area contributed by atoms with E-state index in [0.717, 1.165) is 78.0 Å². The molecule has 8 heteroatoms. The first kappa shape index (κ1) is 24.1. The fourth-order valence-electron chi connectivity index (χ4n) is 4.70. The SMILES string of the molecule is CN1CCN(Cn2ccnc2-c2ccc3ncnc(Nc4ccc(OCc5ccccc5)cc4)c3c2)CC1. The summed E-state index contributed by atoms with van der Waals surface area (Å²) < 4.78 is 8.15. The lowest BCUT2D eigenvalue weighted by Crippen LogP contribution is -2.44. The van der Waals surface area contributed by atoms with E-state index in [1.807, 2.05) is 54.7 Å². The van der Waals surface area contributed by atoms with Gasteiger partial charge in [0.25, 0.3) is 0 Å². The molecule has 192 valence electrons. The molecule has 0 radical (unpaired) electrons. The van der Waals surface area contributed by atoms with E-state index in [2.05, 4.69) is 72.1 Å². The summed E-state index contributed by atoms with van der Waals surface area (Å²) in [5.41, 5.74) is 3.99. The molecule has 3 aromatic carbocycles. The topological polar surface area (TPSA) is 71.3 Å². The predicted molar refractivity (Wildman–Crippen MR) is 150 cm³/mol. The summed E-state index contributed by atoms with van der Waals surface area (Å²) in [6, 6.07) is 24.3. The van der Waals surface area contributed by atoms with Crippen LogP contribution >= 0.6 is 0 Å². The van der Waals surface area contributed by atoms with Crippen molar-refractivity contribution in [3.63, 3.8) is 0 Å². The number of rotatable bonds is 8. The van der Waals surface area contributed by atoms with Gasteiger partial charge in [-0.3, -0.25) is 4.90 Å². The van der Waals surface area contributed by atoms with Gasteiger partial charge in [0.15, 0.2) is 0 Å². The van der Waals surface area contributed by atoms with Crippen LogP contribution in [-0.4, -0.2) is 62.5 Å². The van der Waals surface area contributed by atoms with E-state index in [1.54, 1.807) is 6.33 Å². The van der Waals surface area contributed by atoms with Crippen LogP contribution in [0.25, 0.3) is 22.3 Å². The number of nitrogens with one attached hydrogen (secondary N) is 1. The minimum Gasteiger partial charge on any atom is -0.489 e. The molecular weight excluding hydrogens is 474 g/mol. The Morgan fingerprint density at radius 3 is 2.50 bits per heavy atom. The van der Waals surface area contributed by atoms with E-state index >= 15 is 0 Å². The molecular formula is C30H31N7O. The Labute approximate surface area is 222 Å². The summed E-state index contributed by atoms with van der Waals surface area (Å²) in [6.07, 6.45) is 5.52. The number of hydrogen-bond donors (Lipinski definition) is 1. The largest absolute Gasteiger partial charge is 0.489 e. The van der Waals surface area contributed by atoms with Crippen molar-refractivity contribution in [2.75, 3.05) is 38.5 Å². The molecule has 0 spiro atoms. The number of imidazole rings is 1. The van der Waals surface area contributed by atoms with Crippen LogP contribution in [0.2, 0.25) is 0 Å². The highest BCUT2D eigenvalue weighted by molar-refractivity contribution is 5.93. The third-order valence-corrected chi connectivity index (χ3v) is 6.92. The van der Waals surface area contributed by atoms with Gasteiger partial charge in [-0.15, -0.1) is 0 Å². The predicted octanol–water partition coefficient (Wildman–Crippen LogP) is 5.02. The molecule has 6 rings (SSSR count). The van der Waals surface area contributed by atoms with Crippen LogP contribution in [0, 0.1) is 0 Å². The zero-order valence-electron chi connectivity index (χ0n) is 21.5. The fraction of sp³-hybridized carbons (Fsp3) is 0.233. The summed E-state index contributed by atoms with van der Waals surface area (Å²) in [6.45, 7) is 5.67. The van der Waals surface area contributed by atoms with Crippen LogP contribution in [-0.2, 0) is 13.3 Å². The first-order chi connectivity index (χ1) is 18.7. The average Bonchev–Trinajstić information content (AvgIpc) is 3.42. The lowest BCUT2D eigenvalue weighted by molar-refractivity contribution is 0.125. The lowest BCUT2D eigenvalue weighted by Gasteiger charge is -2.32. The van der Waals surface area contributed by atoms with Gasteiger partial charge in [0, 0.05) is 55.2 Å². The number of hydrogen-bond acceptors (Lipinski definition) is 7. The smallest absolute Gasteiger partial charge is 0.141 e. The van der Waals surface area contributed by atoms with E-state index in [1.165, 1.54) is 0 Å². The van der Waals surface area contributed by atoms with Crippen LogP contribution < -0.4 is 10.1 Å². The summed E-state index contributed by atoms with van der Waals surface area (Å²) in [4.78, 5) is 18.6. The number of benzene rings is 3. The maximum Gasteiger partial charge on any atom is 0.141 e. The van der Waals surface area contributed by atoms with Crippen molar-refractivity contribution in [1.82, 2.24) is 29.3 Å². The number of aromatic nitrogens is 4. The Morgan fingerprint density at radius 2 is 1.68 bits per heavy atom. The molecule has 1 aliphatic heterocycles. The molecule has 0 amide bonds. The van der Waals surface area contributed by atoms with Gasteiger partial charge < -0.3 is 19.5 Å². The van der Waals surface area contributed by atoms with Crippen molar-refractivity contribution in [3.05, 3.63) is 97.1 Å². The molecule has 5 aromatic rings. The van der Waals surface area contributed by atoms with Gasteiger partial charge >= 0.3 is 0 Å². The highest BCUT2D eigenvalue weighted by Gasteiger charge is 2.16. The number of fused-ring (bicyclic) bond motifs is 1. The Hall–Kier alpha value is -4.27. The van der Waals surface area contributed by atoms with Gasteiger partial charge in [0.2, 0.25) is 0 Å². The second-order valence-electron chi connectivity index (χ2n) is 9.66. The molecule has 38 heavy (non-hydrogen) atoms. The minimum atomic E-state index is 0.539. The number of nitrogens with zero attached hydrogens (tertiary/aromatic N) is 6. The molecule has 1 aliphatic rings. The highest BCUT2D eigenvalue weighted by atomic mass is 16.5. The molecule has 0 bridgehead atoms. The summed E-state index contributed by atoms with van der Waals surface area (Å²) in [5.74, 6) is 2.52.